The number of aromatic nitrogens is 3. The molecule has 25 heavy (non-hydrogen) atoms. The number of carbonyl (C=O) groups is 1. The number of rotatable bonds is 5. The summed E-state index contributed by atoms with van der Waals surface area (Å²) in [6, 6.07) is 5.08. The average molecular weight is 364 g/mol. The summed E-state index contributed by atoms with van der Waals surface area (Å²) in [7, 11) is 0. The van der Waals surface area contributed by atoms with Crippen LogP contribution in [-0.4, -0.2) is 44.9 Å². The van der Waals surface area contributed by atoms with Gasteiger partial charge in [0.2, 0.25) is 0 Å². The van der Waals surface area contributed by atoms with E-state index in [0.717, 1.165) is 18.4 Å². The monoisotopic (exact) mass is 363 g/mol. The van der Waals surface area contributed by atoms with Crippen LogP contribution >= 0.6 is 11.6 Å². The minimum atomic E-state index is -0.335. The highest BCUT2D eigenvalue weighted by Crippen LogP contribution is 2.33. The maximum absolute atomic E-state index is 13.5. The molecule has 1 saturated carbocycles. The van der Waals surface area contributed by atoms with Gasteiger partial charge in [0.15, 0.2) is 5.69 Å². The molecule has 0 radical (unpaired) electrons. The number of benzene rings is 1. The second kappa shape index (κ2) is 6.38. The van der Waals surface area contributed by atoms with Crippen molar-refractivity contribution in [3.8, 4) is 0 Å². The number of nitrogens with zero attached hydrogens (tertiary/aromatic N) is 4. The maximum Gasteiger partial charge on any atom is 0.273 e. The zero-order chi connectivity index (χ0) is 17.6. The summed E-state index contributed by atoms with van der Waals surface area (Å²) < 4.78 is 15.3. The minimum Gasteiger partial charge on any atom is -0.345 e. The third-order valence-electron chi connectivity index (χ3n) is 4.82. The molecule has 0 bridgehead atoms. The standard InChI is InChI=1S/C17H19ClFN5O/c1-10(11-4-12(18)6-13(19)5-11)23-7-14(8-23)20-17(25)16-9-24(22-21-16)15-2-3-15/h4-6,9-10,14-15H,2-3,7-8H2,1H3,(H,20,25). The normalized spacial score (nSPS) is 19.5. The summed E-state index contributed by atoms with van der Waals surface area (Å²) >= 11 is 5.92. The number of hydrogen-bond acceptors (Lipinski definition) is 4. The Balaban J connectivity index is 1.31. The fourth-order valence-corrected chi connectivity index (χ4v) is 3.34. The lowest BCUT2D eigenvalue weighted by atomic mass is 10.0. The van der Waals surface area contributed by atoms with Crippen LogP contribution in [0.2, 0.25) is 5.02 Å². The molecule has 6 nitrogen and oxygen atoms in total. The van der Waals surface area contributed by atoms with Crippen LogP contribution < -0.4 is 5.32 Å². The predicted octanol–water partition coefficient (Wildman–Crippen LogP) is 2.58. The van der Waals surface area contributed by atoms with Gasteiger partial charge in [-0.15, -0.1) is 5.10 Å². The molecule has 132 valence electrons. The van der Waals surface area contributed by atoms with Gasteiger partial charge in [-0.1, -0.05) is 16.8 Å². The number of hydrogen-bond donors (Lipinski definition) is 1. The van der Waals surface area contributed by atoms with Crippen LogP contribution in [0.4, 0.5) is 4.39 Å². The highest BCUT2D eigenvalue weighted by Gasteiger charge is 2.33. The van der Waals surface area contributed by atoms with Gasteiger partial charge in [0.25, 0.3) is 5.91 Å². The van der Waals surface area contributed by atoms with Crippen LogP contribution in [0, 0.1) is 5.82 Å². The lowest BCUT2D eigenvalue weighted by Crippen LogP contribution is -2.59. The number of nitrogens with one attached hydrogen (secondary N) is 1. The van der Waals surface area contributed by atoms with Crippen LogP contribution in [0.1, 0.15) is 47.9 Å². The van der Waals surface area contributed by atoms with Crippen LogP contribution in [0.25, 0.3) is 0 Å². The molecular formula is C17H19ClFN5O. The van der Waals surface area contributed by atoms with E-state index in [0.29, 0.717) is 29.8 Å². The zero-order valence-electron chi connectivity index (χ0n) is 13.8. The van der Waals surface area contributed by atoms with E-state index in [1.54, 1.807) is 16.9 Å². The molecule has 8 heteroatoms. The molecule has 2 aromatic rings. The molecule has 2 aliphatic rings. The van der Waals surface area contributed by atoms with E-state index >= 15 is 0 Å². The average Bonchev–Trinajstić information content (AvgIpc) is 3.26. The Morgan fingerprint density at radius 1 is 1.36 bits per heavy atom. The number of likely N-dealkylation sites (tertiary alicyclic amines) is 1. The molecule has 1 atom stereocenters. The van der Waals surface area contributed by atoms with E-state index in [4.69, 9.17) is 11.6 Å². The Bertz CT molecular complexity index is 780. The van der Waals surface area contributed by atoms with Gasteiger partial charge in [0, 0.05) is 24.2 Å². The van der Waals surface area contributed by atoms with Crippen molar-refractivity contribution in [2.24, 2.45) is 0 Å². The largest absolute Gasteiger partial charge is 0.345 e. The third kappa shape index (κ3) is 3.52. The lowest BCUT2D eigenvalue weighted by Gasteiger charge is -2.43. The van der Waals surface area contributed by atoms with E-state index in [-0.39, 0.29) is 23.8 Å². The molecule has 4 rings (SSSR count). The lowest BCUT2D eigenvalue weighted by molar-refractivity contribution is 0.0672. The van der Waals surface area contributed by atoms with Crippen LogP contribution in [0.15, 0.2) is 24.4 Å². The highest BCUT2D eigenvalue weighted by atomic mass is 35.5. The molecule has 1 aromatic carbocycles. The summed E-state index contributed by atoms with van der Waals surface area (Å²) in [5, 5.41) is 11.3. The zero-order valence-corrected chi connectivity index (χ0v) is 14.6. The van der Waals surface area contributed by atoms with E-state index < -0.39 is 0 Å². The van der Waals surface area contributed by atoms with Gasteiger partial charge in [-0.05, 0) is 43.5 Å². The summed E-state index contributed by atoms with van der Waals surface area (Å²) in [6.07, 6.45) is 3.91. The van der Waals surface area contributed by atoms with Gasteiger partial charge in [0.05, 0.1) is 18.3 Å². The first-order valence-corrected chi connectivity index (χ1v) is 8.80. The SMILES string of the molecule is CC(c1cc(F)cc(Cl)c1)N1CC(NC(=O)c2cn(C3CC3)nn2)C1. The van der Waals surface area contributed by atoms with Crippen molar-refractivity contribution in [1.82, 2.24) is 25.2 Å². The van der Waals surface area contributed by atoms with E-state index in [1.807, 2.05) is 6.92 Å². The van der Waals surface area contributed by atoms with E-state index in [2.05, 4.69) is 20.5 Å². The van der Waals surface area contributed by atoms with Gasteiger partial charge < -0.3 is 5.32 Å². The van der Waals surface area contributed by atoms with Crippen molar-refractivity contribution < 1.29 is 9.18 Å². The Kier molecular flexibility index (Phi) is 4.21. The smallest absolute Gasteiger partial charge is 0.273 e. The molecule has 1 aliphatic heterocycles. The fraction of sp³-hybridized carbons (Fsp3) is 0.471. The topological polar surface area (TPSA) is 63.1 Å². The number of amides is 1. The molecule has 1 saturated heterocycles. The van der Waals surface area contributed by atoms with Crippen molar-refractivity contribution in [2.75, 3.05) is 13.1 Å². The van der Waals surface area contributed by atoms with Crippen LogP contribution in [-0.2, 0) is 0 Å². The Labute approximate surface area is 149 Å². The third-order valence-corrected chi connectivity index (χ3v) is 5.04. The molecular weight excluding hydrogens is 345 g/mol. The van der Waals surface area contributed by atoms with Crippen LogP contribution in [0.5, 0.6) is 0 Å². The van der Waals surface area contributed by atoms with E-state index in [9.17, 15) is 9.18 Å². The highest BCUT2D eigenvalue weighted by molar-refractivity contribution is 6.30. The fourth-order valence-electron chi connectivity index (χ4n) is 3.11. The molecule has 1 unspecified atom stereocenters. The van der Waals surface area contributed by atoms with Crippen molar-refractivity contribution in [2.45, 2.75) is 37.9 Å². The molecule has 2 heterocycles. The summed E-state index contributed by atoms with van der Waals surface area (Å²) in [6.45, 7) is 3.42. The molecule has 0 spiro atoms. The van der Waals surface area contributed by atoms with Gasteiger partial charge in [-0.3, -0.25) is 9.69 Å². The molecule has 1 aromatic heterocycles. The number of halogens is 2. The van der Waals surface area contributed by atoms with Crippen molar-refractivity contribution >= 4 is 17.5 Å². The van der Waals surface area contributed by atoms with Gasteiger partial charge in [-0.25, -0.2) is 9.07 Å². The summed E-state index contributed by atoms with van der Waals surface area (Å²) in [5.74, 6) is -0.531. The first kappa shape index (κ1) is 16.5. The van der Waals surface area contributed by atoms with Gasteiger partial charge in [-0.2, -0.15) is 0 Å². The van der Waals surface area contributed by atoms with Crippen LogP contribution in [0.3, 0.4) is 0 Å². The van der Waals surface area contributed by atoms with Gasteiger partial charge in [0.1, 0.15) is 5.82 Å². The molecule has 1 aliphatic carbocycles. The second-order valence-electron chi connectivity index (χ2n) is 6.82. The Hall–Kier alpha value is -1.99. The quantitative estimate of drug-likeness (QED) is 0.886. The molecule has 1 amide bonds. The Morgan fingerprint density at radius 3 is 2.80 bits per heavy atom. The van der Waals surface area contributed by atoms with Crippen molar-refractivity contribution in [3.05, 3.63) is 46.5 Å². The first-order chi connectivity index (χ1) is 12.0. The van der Waals surface area contributed by atoms with Gasteiger partial charge >= 0.3 is 0 Å². The van der Waals surface area contributed by atoms with Crippen molar-refractivity contribution in [3.63, 3.8) is 0 Å². The molecule has 1 N–H and O–H groups in total. The maximum atomic E-state index is 13.5. The number of carbonyl (C=O) groups excluding carboxylic acids is 1. The predicted molar refractivity (Wildman–Crippen MR) is 90.9 cm³/mol. The molecule has 2 fully saturated rings. The van der Waals surface area contributed by atoms with E-state index in [1.165, 1.54) is 12.1 Å². The Morgan fingerprint density at radius 2 is 2.12 bits per heavy atom. The van der Waals surface area contributed by atoms with Crippen molar-refractivity contribution in [1.29, 1.82) is 0 Å². The summed E-state index contributed by atoms with van der Waals surface area (Å²) in [4.78, 5) is 14.4. The first-order valence-electron chi connectivity index (χ1n) is 8.42. The second-order valence-corrected chi connectivity index (χ2v) is 7.25. The minimum absolute atomic E-state index is 0.0390. The summed E-state index contributed by atoms with van der Waals surface area (Å²) in [5.41, 5.74) is 1.19.